The third kappa shape index (κ3) is 3.34. The third-order valence-electron chi connectivity index (χ3n) is 3.82. The maximum absolute atomic E-state index is 5.97. The average Bonchev–Trinajstić information content (AvgIpc) is 2.26. The molecule has 1 rings (SSSR count). The molecule has 0 saturated heterocycles. The number of rotatable bonds is 5. The van der Waals surface area contributed by atoms with E-state index in [1.165, 1.54) is 4.90 Å². The van der Waals surface area contributed by atoms with Gasteiger partial charge in [-0.25, -0.2) is 0 Å². The molecule has 0 fully saturated rings. The van der Waals surface area contributed by atoms with Crippen LogP contribution in [0.5, 0.6) is 0 Å². The SMILES string of the molecule is CC(C)[Si](Sc1ccc(Cl)cc1)(C(C)C)C(C)C. The minimum absolute atomic E-state index is 0.776. The lowest BCUT2D eigenvalue weighted by Crippen LogP contribution is -2.40. The molecule has 1 aromatic rings. The summed E-state index contributed by atoms with van der Waals surface area (Å²) in [5.41, 5.74) is 2.33. The molecule has 0 heterocycles. The first-order chi connectivity index (χ1) is 8.30. The van der Waals surface area contributed by atoms with E-state index < -0.39 is 7.22 Å². The minimum Gasteiger partial charge on any atom is -0.150 e. The lowest BCUT2D eigenvalue weighted by atomic mass is 10.4. The largest absolute Gasteiger partial charge is 0.150 e. The maximum Gasteiger partial charge on any atom is 0.131 e. The van der Waals surface area contributed by atoms with Gasteiger partial charge in [-0.2, -0.15) is 11.2 Å². The summed E-state index contributed by atoms with van der Waals surface area (Å²) in [6.07, 6.45) is 0. The quantitative estimate of drug-likeness (QED) is 0.551. The monoisotopic (exact) mass is 300 g/mol. The van der Waals surface area contributed by atoms with Crippen LogP contribution in [-0.4, -0.2) is 7.22 Å². The third-order valence-corrected chi connectivity index (χ3v) is 16.4. The maximum atomic E-state index is 5.97. The van der Waals surface area contributed by atoms with E-state index in [0.717, 1.165) is 21.6 Å². The highest BCUT2D eigenvalue weighted by molar-refractivity contribution is 8.29. The van der Waals surface area contributed by atoms with E-state index in [4.69, 9.17) is 11.6 Å². The number of hydrogen-bond donors (Lipinski definition) is 0. The number of hydrogen-bond acceptors (Lipinski definition) is 1. The van der Waals surface area contributed by atoms with Crippen molar-refractivity contribution in [2.75, 3.05) is 0 Å². The fourth-order valence-electron chi connectivity index (χ4n) is 3.06. The highest BCUT2D eigenvalue weighted by Crippen LogP contribution is 2.51. The molecule has 0 amide bonds. The van der Waals surface area contributed by atoms with Gasteiger partial charge in [0.1, 0.15) is 7.22 Å². The summed E-state index contributed by atoms with van der Waals surface area (Å²) < 4.78 is 0. The molecule has 0 nitrogen and oxygen atoms in total. The van der Waals surface area contributed by atoms with Crippen LogP contribution < -0.4 is 0 Å². The molecular weight excluding hydrogens is 276 g/mol. The standard InChI is InChI=1S/C15H25ClSSi/c1-11(2)18(12(3)4,13(5)6)17-15-9-7-14(16)8-10-15/h7-13H,1-6H3. The Morgan fingerprint density at radius 3 is 1.56 bits per heavy atom. The van der Waals surface area contributed by atoms with E-state index in [1.54, 1.807) is 0 Å². The van der Waals surface area contributed by atoms with E-state index >= 15 is 0 Å². The van der Waals surface area contributed by atoms with Crippen LogP contribution in [0.2, 0.25) is 21.6 Å². The molecule has 1 aromatic carbocycles. The van der Waals surface area contributed by atoms with Crippen LogP contribution in [0.4, 0.5) is 0 Å². The Morgan fingerprint density at radius 2 is 1.22 bits per heavy atom. The van der Waals surface area contributed by atoms with Gasteiger partial charge in [-0.05, 0) is 40.9 Å². The van der Waals surface area contributed by atoms with Gasteiger partial charge in [0.25, 0.3) is 0 Å². The molecular formula is C15H25ClSSi. The molecule has 0 N–H and O–H groups in total. The summed E-state index contributed by atoms with van der Waals surface area (Å²) in [7, 11) is -1.41. The molecule has 0 spiro atoms. The van der Waals surface area contributed by atoms with Gasteiger partial charge in [0.15, 0.2) is 0 Å². The number of halogens is 1. The molecule has 18 heavy (non-hydrogen) atoms. The van der Waals surface area contributed by atoms with Crippen LogP contribution in [0, 0.1) is 0 Å². The topological polar surface area (TPSA) is 0 Å². The van der Waals surface area contributed by atoms with Crippen molar-refractivity contribution in [2.45, 2.75) is 63.1 Å². The van der Waals surface area contributed by atoms with Crippen molar-refractivity contribution in [3.63, 3.8) is 0 Å². The first-order valence-corrected chi connectivity index (χ1v) is 10.9. The van der Waals surface area contributed by atoms with Gasteiger partial charge in [0.2, 0.25) is 0 Å². The van der Waals surface area contributed by atoms with Crippen LogP contribution in [0.25, 0.3) is 0 Å². The molecule has 0 atom stereocenters. The minimum atomic E-state index is -1.41. The molecule has 0 saturated carbocycles. The molecule has 0 aromatic heterocycles. The van der Waals surface area contributed by atoms with E-state index in [9.17, 15) is 0 Å². The smallest absolute Gasteiger partial charge is 0.131 e. The molecule has 102 valence electrons. The Labute approximate surface area is 122 Å². The predicted octanol–water partition coefficient (Wildman–Crippen LogP) is 6.61. The molecule has 3 heteroatoms. The van der Waals surface area contributed by atoms with Gasteiger partial charge in [-0.15, -0.1) is 0 Å². The second-order valence-corrected chi connectivity index (χ2v) is 14.9. The molecule has 0 unspecified atom stereocenters. The van der Waals surface area contributed by atoms with E-state index in [0.29, 0.717) is 0 Å². The second kappa shape index (κ2) is 6.49. The predicted molar refractivity (Wildman–Crippen MR) is 88.4 cm³/mol. The van der Waals surface area contributed by atoms with Gasteiger partial charge >= 0.3 is 0 Å². The van der Waals surface area contributed by atoms with Crippen LogP contribution in [-0.2, 0) is 0 Å². The van der Waals surface area contributed by atoms with Crippen molar-refractivity contribution in [1.82, 2.24) is 0 Å². The normalized spacial score (nSPS) is 12.8. The van der Waals surface area contributed by atoms with Crippen LogP contribution in [0.1, 0.15) is 41.5 Å². The van der Waals surface area contributed by atoms with Crippen LogP contribution >= 0.6 is 22.8 Å². The lowest BCUT2D eigenvalue weighted by molar-refractivity contribution is 0.851. The zero-order valence-corrected chi connectivity index (χ0v) is 14.9. The Morgan fingerprint density at radius 1 is 0.833 bits per heavy atom. The molecule has 0 aliphatic rings. The van der Waals surface area contributed by atoms with Crippen molar-refractivity contribution >= 4 is 30.0 Å². The first-order valence-electron chi connectivity index (χ1n) is 6.75. The first kappa shape index (κ1) is 16.1. The highest BCUT2D eigenvalue weighted by Gasteiger charge is 2.43. The Kier molecular flexibility index (Phi) is 5.82. The summed E-state index contributed by atoms with van der Waals surface area (Å²) in [6.45, 7) is 14.4. The van der Waals surface area contributed by atoms with Gasteiger partial charge in [0, 0.05) is 9.92 Å². The fourth-order valence-corrected chi connectivity index (χ4v) is 12.3. The fraction of sp³-hybridized carbons (Fsp3) is 0.600. The average molecular weight is 301 g/mol. The Balaban J connectivity index is 3.08. The van der Waals surface area contributed by atoms with Gasteiger partial charge in [-0.1, -0.05) is 53.1 Å². The molecule has 0 bridgehead atoms. The van der Waals surface area contributed by atoms with Crippen molar-refractivity contribution in [3.05, 3.63) is 29.3 Å². The molecule has 0 aliphatic carbocycles. The summed E-state index contributed by atoms with van der Waals surface area (Å²) in [5, 5.41) is 0.824. The van der Waals surface area contributed by atoms with Gasteiger partial charge in [0.05, 0.1) is 0 Å². The summed E-state index contributed by atoms with van der Waals surface area (Å²) in [6, 6.07) is 8.35. The van der Waals surface area contributed by atoms with Gasteiger partial charge in [-0.3, -0.25) is 0 Å². The number of benzene rings is 1. The van der Waals surface area contributed by atoms with Crippen LogP contribution in [0.15, 0.2) is 29.2 Å². The zero-order chi connectivity index (χ0) is 13.9. The van der Waals surface area contributed by atoms with E-state index in [2.05, 4.69) is 64.9 Å². The Bertz CT molecular complexity index is 349. The van der Waals surface area contributed by atoms with Crippen molar-refractivity contribution in [3.8, 4) is 0 Å². The van der Waals surface area contributed by atoms with Crippen molar-refractivity contribution in [2.24, 2.45) is 0 Å². The zero-order valence-electron chi connectivity index (χ0n) is 12.3. The van der Waals surface area contributed by atoms with Crippen molar-refractivity contribution < 1.29 is 0 Å². The van der Waals surface area contributed by atoms with Crippen molar-refractivity contribution in [1.29, 1.82) is 0 Å². The van der Waals surface area contributed by atoms with Crippen LogP contribution in [0.3, 0.4) is 0 Å². The van der Waals surface area contributed by atoms with E-state index in [-0.39, 0.29) is 0 Å². The lowest BCUT2D eigenvalue weighted by Gasteiger charge is -2.42. The summed E-state index contributed by atoms with van der Waals surface area (Å²) in [4.78, 5) is 1.38. The summed E-state index contributed by atoms with van der Waals surface area (Å²) in [5.74, 6) is 0. The van der Waals surface area contributed by atoms with Gasteiger partial charge < -0.3 is 0 Å². The molecule has 0 radical (unpaired) electrons. The Hall–Kier alpha value is 0.0769. The second-order valence-electron chi connectivity index (χ2n) is 5.87. The highest BCUT2D eigenvalue weighted by atomic mass is 35.5. The van der Waals surface area contributed by atoms with E-state index in [1.807, 2.05) is 12.1 Å². The summed E-state index contributed by atoms with van der Waals surface area (Å²) >= 11 is 8.12. The molecule has 0 aliphatic heterocycles.